The molecule has 4 unspecified atom stereocenters. The fourth-order valence-corrected chi connectivity index (χ4v) is 3.72. The van der Waals surface area contributed by atoms with Gasteiger partial charge in [0.25, 0.3) is 0 Å². The molecule has 1 saturated carbocycles. The first-order valence-corrected chi connectivity index (χ1v) is 7.31. The number of fused-ring (bicyclic) bond motifs is 3. The summed E-state index contributed by atoms with van der Waals surface area (Å²) in [5, 5.41) is 21.7. The van der Waals surface area contributed by atoms with Crippen LogP contribution in [0.3, 0.4) is 0 Å². The summed E-state index contributed by atoms with van der Waals surface area (Å²) < 4.78 is 11.2. The molecule has 1 fully saturated rings. The standard InChI is InChI=1S/C17H17NO4/c1-21-16-14-12(7-8-18-16)22-15-11(9-13(19)17(14,15)20)10-5-3-2-4-6-10/h2-8,11,13,15,19-20H,9H2,1H3. The zero-order valence-corrected chi connectivity index (χ0v) is 12.1. The van der Waals surface area contributed by atoms with Crippen LogP contribution in [0.4, 0.5) is 0 Å². The fraction of sp³-hybridized carbons (Fsp3) is 0.353. The largest absolute Gasteiger partial charge is 0.486 e. The second-order valence-electron chi connectivity index (χ2n) is 5.83. The molecule has 2 N–H and O–H groups in total. The van der Waals surface area contributed by atoms with Crippen molar-refractivity contribution in [3.8, 4) is 11.6 Å². The topological polar surface area (TPSA) is 71.8 Å². The summed E-state index contributed by atoms with van der Waals surface area (Å²) in [7, 11) is 1.50. The monoisotopic (exact) mass is 299 g/mol. The van der Waals surface area contributed by atoms with Crippen molar-refractivity contribution in [2.75, 3.05) is 7.11 Å². The van der Waals surface area contributed by atoms with E-state index in [1.54, 1.807) is 12.3 Å². The Bertz CT molecular complexity index is 705. The van der Waals surface area contributed by atoms with Gasteiger partial charge in [0.1, 0.15) is 11.9 Å². The number of hydrogen-bond acceptors (Lipinski definition) is 5. The van der Waals surface area contributed by atoms with Gasteiger partial charge in [0.2, 0.25) is 5.88 Å². The highest BCUT2D eigenvalue weighted by Gasteiger charge is 2.63. The van der Waals surface area contributed by atoms with E-state index in [1.807, 2.05) is 30.3 Å². The van der Waals surface area contributed by atoms with Crippen LogP contribution in [0, 0.1) is 0 Å². The summed E-state index contributed by atoms with van der Waals surface area (Å²) in [6, 6.07) is 11.5. The first-order valence-electron chi connectivity index (χ1n) is 7.31. The summed E-state index contributed by atoms with van der Waals surface area (Å²) >= 11 is 0. The lowest BCUT2D eigenvalue weighted by Crippen LogP contribution is -2.42. The molecule has 4 rings (SSSR count). The molecule has 1 aliphatic carbocycles. The maximum Gasteiger partial charge on any atom is 0.223 e. The Hall–Kier alpha value is -2.11. The third-order valence-corrected chi connectivity index (χ3v) is 4.74. The molecule has 22 heavy (non-hydrogen) atoms. The Morgan fingerprint density at radius 1 is 1.27 bits per heavy atom. The Balaban J connectivity index is 1.83. The quantitative estimate of drug-likeness (QED) is 0.881. The smallest absolute Gasteiger partial charge is 0.223 e. The van der Waals surface area contributed by atoms with Gasteiger partial charge in [-0.3, -0.25) is 0 Å². The fourth-order valence-electron chi connectivity index (χ4n) is 3.72. The van der Waals surface area contributed by atoms with Crippen molar-refractivity contribution in [2.24, 2.45) is 0 Å². The third kappa shape index (κ3) is 1.63. The molecular formula is C17H17NO4. The van der Waals surface area contributed by atoms with E-state index in [0.717, 1.165) is 5.56 Å². The predicted octanol–water partition coefficient (Wildman–Crippen LogP) is 1.59. The van der Waals surface area contributed by atoms with Crippen molar-refractivity contribution in [1.29, 1.82) is 0 Å². The van der Waals surface area contributed by atoms with Crippen LogP contribution in [-0.4, -0.2) is 34.5 Å². The van der Waals surface area contributed by atoms with Gasteiger partial charge in [-0.25, -0.2) is 4.98 Å². The molecule has 1 aromatic heterocycles. The lowest BCUT2D eigenvalue weighted by atomic mass is 9.88. The van der Waals surface area contributed by atoms with Gasteiger partial charge in [-0.05, 0) is 18.1 Å². The summed E-state index contributed by atoms with van der Waals surface area (Å²) in [5.74, 6) is 0.743. The van der Waals surface area contributed by atoms with Crippen molar-refractivity contribution >= 4 is 0 Å². The number of methoxy groups -OCH3 is 1. The highest BCUT2D eigenvalue weighted by atomic mass is 16.5. The van der Waals surface area contributed by atoms with Gasteiger partial charge in [0.05, 0.1) is 18.8 Å². The van der Waals surface area contributed by atoms with E-state index in [9.17, 15) is 10.2 Å². The number of pyridine rings is 1. The number of ether oxygens (including phenoxy) is 2. The number of nitrogens with zero attached hydrogens (tertiary/aromatic N) is 1. The van der Waals surface area contributed by atoms with Gasteiger partial charge in [-0.15, -0.1) is 0 Å². The molecular weight excluding hydrogens is 282 g/mol. The molecule has 2 aromatic rings. The maximum absolute atomic E-state index is 11.2. The third-order valence-electron chi connectivity index (χ3n) is 4.74. The lowest BCUT2D eigenvalue weighted by Gasteiger charge is -2.27. The molecule has 0 spiro atoms. The minimum Gasteiger partial charge on any atom is -0.486 e. The molecule has 2 aliphatic rings. The Kier molecular flexibility index (Phi) is 2.89. The van der Waals surface area contributed by atoms with Crippen molar-refractivity contribution in [3.63, 3.8) is 0 Å². The molecule has 1 aromatic carbocycles. The number of benzene rings is 1. The van der Waals surface area contributed by atoms with Crippen molar-refractivity contribution in [1.82, 2.24) is 4.98 Å². The average molecular weight is 299 g/mol. The SMILES string of the molecule is COc1nccc2c1C1(O)C(O)CC(c3ccccc3)C1O2. The number of aliphatic hydroxyl groups excluding tert-OH is 1. The molecule has 114 valence electrons. The maximum atomic E-state index is 11.2. The van der Waals surface area contributed by atoms with E-state index >= 15 is 0 Å². The van der Waals surface area contributed by atoms with Gasteiger partial charge in [0.15, 0.2) is 5.60 Å². The van der Waals surface area contributed by atoms with E-state index in [-0.39, 0.29) is 5.92 Å². The Morgan fingerprint density at radius 3 is 2.77 bits per heavy atom. The van der Waals surface area contributed by atoms with Crippen LogP contribution in [0.25, 0.3) is 0 Å². The van der Waals surface area contributed by atoms with Crippen molar-refractivity contribution < 1.29 is 19.7 Å². The Morgan fingerprint density at radius 2 is 2.05 bits per heavy atom. The highest BCUT2D eigenvalue weighted by Crippen LogP contribution is 2.57. The first kappa shape index (κ1) is 13.5. The molecule has 4 atom stereocenters. The minimum absolute atomic E-state index is 0.0849. The van der Waals surface area contributed by atoms with Crippen LogP contribution in [0.5, 0.6) is 11.6 Å². The van der Waals surface area contributed by atoms with Gasteiger partial charge in [-0.2, -0.15) is 0 Å². The summed E-state index contributed by atoms with van der Waals surface area (Å²) in [5.41, 5.74) is 0.00533. The van der Waals surface area contributed by atoms with Gasteiger partial charge >= 0.3 is 0 Å². The Labute approximate surface area is 128 Å². The summed E-state index contributed by atoms with van der Waals surface area (Å²) in [6.07, 6.45) is 0.536. The van der Waals surface area contributed by atoms with Crippen LogP contribution in [0.1, 0.15) is 23.5 Å². The van der Waals surface area contributed by atoms with Crippen LogP contribution < -0.4 is 9.47 Å². The van der Waals surface area contributed by atoms with E-state index in [2.05, 4.69) is 4.98 Å². The number of rotatable bonds is 2. The molecule has 0 amide bonds. The molecule has 0 radical (unpaired) electrons. The van der Waals surface area contributed by atoms with Crippen molar-refractivity contribution in [3.05, 3.63) is 53.7 Å². The normalized spacial score (nSPS) is 32.2. The van der Waals surface area contributed by atoms with E-state index in [1.165, 1.54) is 7.11 Å². The predicted molar refractivity (Wildman–Crippen MR) is 78.9 cm³/mol. The molecule has 5 nitrogen and oxygen atoms in total. The summed E-state index contributed by atoms with van der Waals surface area (Å²) in [4.78, 5) is 4.13. The minimum atomic E-state index is -1.49. The molecule has 2 heterocycles. The van der Waals surface area contributed by atoms with Crippen LogP contribution in [-0.2, 0) is 5.60 Å². The second-order valence-corrected chi connectivity index (χ2v) is 5.83. The van der Waals surface area contributed by atoms with E-state index in [0.29, 0.717) is 23.6 Å². The van der Waals surface area contributed by atoms with Crippen molar-refractivity contribution in [2.45, 2.75) is 30.1 Å². The van der Waals surface area contributed by atoms with Crippen LogP contribution >= 0.6 is 0 Å². The van der Waals surface area contributed by atoms with Gasteiger partial charge < -0.3 is 19.7 Å². The molecule has 0 saturated heterocycles. The van der Waals surface area contributed by atoms with Crippen LogP contribution in [0.15, 0.2) is 42.6 Å². The van der Waals surface area contributed by atoms with Gasteiger partial charge in [0, 0.05) is 12.1 Å². The number of aliphatic hydroxyl groups is 2. The zero-order chi connectivity index (χ0) is 15.3. The molecule has 5 heteroatoms. The van der Waals surface area contributed by atoms with E-state index in [4.69, 9.17) is 9.47 Å². The van der Waals surface area contributed by atoms with Gasteiger partial charge in [-0.1, -0.05) is 30.3 Å². The lowest BCUT2D eigenvalue weighted by molar-refractivity contribution is -0.0921. The van der Waals surface area contributed by atoms with E-state index < -0.39 is 17.8 Å². The number of aromatic nitrogens is 1. The first-order chi connectivity index (χ1) is 10.7. The second kappa shape index (κ2) is 4.69. The average Bonchev–Trinajstić information content (AvgIpc) is 2.99. The highest BCUT2D eigenvalue weighted by molar-refractivity contribution is 5.52. The van der Waals surface area contributed by atoms with Crippen LogP contribution in [0.2, 0.25) is 0 Å². The summed E-state index contributed by atoms with van der Waals surface area (Å²) in [6.45, 7) is 0. The molecule has 1 aliphatic heterocycles. The zero-order valence-electron chi connectivity index (χ0n) is 12.1. The number of hydrogen-bond donors (Lipinski definition) is 2. The molecule has 0 bridgehead atoms.